The molecule has 0 saturated heterocycles. The number of benzene rings is 2. The maximum Gasteiger partial charge on any atom is 0.324 e. The van der Waals surface area contributed by atoms with Crippen LogP contribution in [0, 0.1) is 6.92 Å². The van der Waals surface area contributed by atoms with Crippen LogP contribution in [0.5, 0.6) is 0 Å². The van der Waals surface area contributed by atoms with Crippen molar-refractivity contribution in [2.45, 2.75) is 6.92 Å². The number of nitrogens with zero attached hydrogens (tertiary/aromatic N) is 2. The first-order chi connectivity index (χ1) is 14.7. The molecule has 6 heteroatoms. The van der Waals surface area contributed by atoms with E-state index in [9.17, 15) is 4.79 Å². The van der Waals surface area contributed by atoms with Crippen molar-refractivity contribution >= 4 is 29.0 Å². The fourth-order valence-corrected chi connectivity index (χ4v) is 3.01. The Kier molecular flexibility index (Phi) is 5.66. The molecule has 2 heterocycles. The second kappa shape index (κ2) is 8.87. The third-order valence-corrected chi connectivity index (χ3v) is 4.53. The van der Waals surface area contributed by atoms with E-state index >= 15 is 0 Å². The number of para-hydroxylation sites is 2. The fraction of sp³-hybridized carbons (Fsp3) is 0.0417. The van der Waals surface area contributed by atoms with Crippen molar-refractivity contribution in [3.05, 3.63) is 96.8 Å². The van der Waals surface area contributed by atoms with Crippen LogP contribution in [0.2, 0.25) is 0 Å². The summed E-state index contributed by atoms with van der Waals surface area (Å²) >= 11 is 0. The first-order valence-corrected chi connectivity index (χ1v) is 9.55. The molecule has 2 amide bonds. The van der Waals surface area contributed by atoms with Gasteiger partial charge in [-0.3, -0.25) is 5.32 Å². The molecule has 30 heavy (non-hydrogen) atoms. The van der Waals surface area contributed by atoms with Gasteiger partial charge in [0.1, 0.15) is 11.6 Å². The number of carbonyl (C=O) groups is 1. The Hall–Kier alpha value is -4.19. The van der Waals surface area contributed by atoms with Crippen LogP contribution in [-0.4, -0.2) is 16.0 Å². The van der Waals surface area contributed by atoms with Crippen LogP contribution < -0.4 is 16.0 Å². The minimum Gasteiger partial charge on any atom is -0.340 e. The Morgan fingerprint density at radius 2 is 1.37 bits per heavy atom. The molecule has 0 aliphatic carbocycles. The topological polar surface area (TPSA) is 78.9 Å². The maximum atomic E-state index is 12.4. The van der Waals surface area contributed by atoms with E-state index < -0.39 is 0 Å². The molecule has 6 nitrogen and oxygen atoms in total. The molecule has 0 spiro atoms. The highest BCUT2D eigenvalue weighted by atomic mass is 16.2. The molecule has 0 saturated carbocycles. The van der Waals surface area contributed by atoms with E-state index in [2.05, 4.69) is 25.9 Å². The Morgan fingerprint density at radius 1 is 0.733 bits per heavy atom. The van der Waals surface area contributed by atoms with E-state index in [0.29, 0.717) is 5.82 Å². The van der Waals surface area contributed by atoms with Gasteiger partial charge in [0, 0.05) is 23.8 Å². The second-order valence-corrected chi connectivity index (χ2v) is 6.74. The van der Waals surface area contributed by atoms with Crippen LogP contribution in [0.4, 0.5) is 27.8 Å². The first kappa shape index (κ1) is 19.1. The van der Waals surface area contributed by atoms with Crippen LogP contribution in [0.25, 0.3) is 11.1 Å². The van der Waals surface area contributed by atoms with Gasteiger partial charge in [-0.05, 0) is 66.1 Å². The lowest BCUT2D eigenvalue weighted by atomic mass is 10.1. The zero-order valence-corrected chi connectivity index (χ0v) is 16.5. The quantitative estimate of drug-likeness (QED) is 0.397. The van der Waals surface area contributed by atoms with Gasteiger partial charge in [0.2, 0.25) is 0 Å². The maximum absolute atomic E-state index is 12.4. The molecule has 0 bridgehead atoms. The van der Waals surface area contributed by atoms with E-state index in [-0.39, 0.29) is 6.03 Å². The van der Waals surface area contributed by atoms with Crippen LogP contribution in [-0.2, 0) is 0 Å². The number of carbonyl (C=O) groups excluding carboxylic acids is 1. The summed E-state index contributed by atoms with van der Waals surface area (Å²) in [7, 11) is 0. The van der Waals surface area contributed by atoms with Gasteiger partial charge in [-0.1, -0.05) is 36.4 Å². The van der Waals surface area contributed by atoms with E-state index in [1.165, 1.54) is 0 Å². The number of hydrogen-bond acceptors (Lipinski definition) is 4. The van der Waals surface area contributed by atoms with Crippen LogP contribution in [0.3, 0.4) is 0 Å². The van der Waals surface area contributed by atoms with E-state index in [4.69, 9.17) is 0 Å². The van der Waals surface area contributed by atoms with Crippen molar-refractivity contribution in [3.8, 4) is 11.1 Å². The number of pyridine rings is 2. The Balaban J connectivity index is 1.49. The fourth-order valence-electron chi connectivity index (χ4n) is 3.01. The Bertz CT molecular complexity index is 1160. The highest BCUT2D eigenvalue weighted by molar-refractivity contribution is 5.99. The van der Waals surface area contributed by atoms with Gasteiger partial charge in [0.15, 0.2) is 0 Å². The molecule has 0 radical (unpaired) electrons. The van der Waals surface area contributed by atoms with Gasteiger partial charge in [0.25, 0.3) is 0 Å². The summed E-state index contributed by atoms with van der Waals surface area (Å²) in [5.74, 6) is 1.20. The van der Waals surface area contributed by atoms with Gasteiger partial charge < -0.3 is 10.6 Å². The zero-order chi connectivity index (χ0) is 20.8. The molecule has 4 rings (SSSR count). The third-order valence-electron chi connectivity index (χ3n) is 4.53. The van der Waals surface area contributed by atoms with Crippen LogP contribution in [0.15, 0.2) is 91.3 Å². The predicted molar refractivity (Wildman–Crippen MR) is 121 cm³/mol. The van der Waals surface area contributed by atoms with Crippen LogP contribution >= 0.6 is 0 Å². The summed E-state index contributed by atoms with van der Waals surface area (Å²) < 4.78 is 0. The lowest BCUT2D eigenvalue weighted by molar-refractivity contribution is 0.262. The summed E-state index contributed by atoms with van der Waals surface area (Å²) in [6.07, 6.45) is 3.42. The van der Waals surface area contributed by atoms with Gasteiger partial charge in [0.05, 0.1) is 0 Å². The Morgan fingerprint density at radius 3 is 2.10 bits per heavy atom. The number of hydrogen-bond donors (Lipinski definition) is 3. The molecular formula is C24H21N5O. The number of aryl methyl sites for hydroxylation is 1. The van der Waals surface area contributed by atoms with Gasteiger partial charge >= 0.3 is 6.03 Å². The van der Waals surface area contributed by atoms with Crippen molar-refractivity contribution in [1.82, 2.24) is 9.97 Å². The first-order valence-electron chi connectivity index (χ1n) is 9.55. The third kappa shape index (κ3) is 4.80. The van der Waals surface area contributed by atoms with Crippen molar-refractivity contribution in [3.63, 3.8) is 0 Å². The molecule has 2 aromatic carbocycles. The number of aromatic nitrogens is 2. The number of rotatable bonds is 5. The molecule has 0 unspecified atom stereocenters. The molecule has 0 aliphatic heterocycles. The molecule has 4 aromatic rings. The summed E-state index contributed by atoms with van der Waals surface area (Å²) in [4.78, 5) is 21.0. The van der Waals surface area contributed by atoms with E-state index in [1.54, 1.807) is 12.4 Å². The SMILES string of the molecule is Cc1ccccc1NC(=O)Nc1cc(-c2ccnc(Nc3ccccc3)c2)ccn1. The van der Waals surface area contributed by atoms with Gasteiger partial charge in [-0.15, -0.1) is 0 Å². The Labute approximate surface area is 175 Å². The zero-order valence-electron chi connectivity index (χ0n) is 16.5. The van der Waals surface area contributed by atoms with Crippen molar-refractivity contribution in [2.24, 2.45) is 0 Å². The van der Waals surface area contributed by atoms with Crippen LogP contribution in [0.1, 0.15) is 5.56 Å². The van der Waals surface area contributed by atoms with E-state index in [1.807, 2.05) is 85.8 Å². The monoisotopic (exact) mass is 395 g/mol. The minimum atomic E-state index is -0.338. The second-order valence-electron chi connectivity index (χ2n) is 6.74. The number of urea groups is 1. The van der Waals surface area contributed by atoms with Crippen molar-refractivity contribution in [1.29, 1.82) is 0 Å². The largest absolute Gasteiger partial charge is 0.340 e. The summed E-state index contributed by atoms with van der Waals surface area (Å²) in [5.41, 5.74) is 4.61. The lowest BCUT2D eigenvalue weighted by Gasteiger charge is -2.11. The number of amides is 2. The van der Waals surface area contributed by atoms with Crippen molar-refractivity contribution in [2.75, 3.05) is 16.0 Å². The van der Waals surface area contributed by atoms with Gasteiger partial charge in [-0.2, -0.15) is 0 Å². The number of anilines is 4. The molecule has 3 N–H and O–H groups in total. The summed E-state index contributed by atoms with van der Waals surface area (Å²) in [6.45, 7) is 1.94. The average Bonchev–Trinajstić information content (AvgIpc) is 2.76. The lowest BCUT2D eigenvalue weighted by Crippen LogP contribution is -2.20. The molecule has 148 valence electrons. The molecule has 0 aliphatic rings. The highest BCUT2D eigenvalue weighted by Gasteiger charge is 2.07. The normalized spacial score (nSPS) is 10.3. The highest BCUT2D eigenvalue weighted by Crippen LogP contribution is 2.24. The smallest absolute Gasteiger partial charge is 0.324 e. The molecule has 0 fully saturated rings. The minimum absolute atomic E-state index is 0.338. The number of nitrogens with one attached hydrogen (secondary N) is 3. The van der Waals surface area contributed by atoms with Crippen molar-refractivity contribution < 1.29 is 4.79 Å². The molecule has 2 aromatic heterocycles. The molecular weight excluding hydrogens is 374 g/mol. The standard InChI is InChI=1S/C24H21N5O/c1-17-7-5-6-10-21(17)28-24(30)29-23-16-19(12-14-26-23)18-11-13-25-22(15-18)27-20-8-3-2-4-9-20/h2-16H,1H3,(H,25,27)(H2,26,28,29,30). The molecule has 0 atom stereocenters. The van der Waals surface area contributed by atoms with Gasteiger partial charge in [-0.25, -0.2) is 14.8 Å². The summed E-state index contributed by atoms with van der Waals surface area (Å²) in [6, 6.07) is 24.7. The summed E-state index contributed by atoms with van der Waals surface area (Å²) in [5, 5.41) is 8.92. The average molecular weight is 395 g/mol. The predicted octanol–water partition coefficient (Wildman–Crippen LogP) is 5.84. The van der Waals surface area contributed by atoms with E-state index in [0.717, 1.165) is 33.9 Å².